The summed E-state index contributed by atoms with van der Waals surface area (Å²) in [5.41, 5.74) is 6.72. The molecule has 1 saturated heterocycles. The van der Waals surface area contributed by atoms with Crippen LogP contribution in [0.3, 0.4) is 0 Å². The molecule has 2 heterocycles. The Balaban J connectivity index is 2.18. The molecule has 0 saturated carbocycles. The first-order chi connectivity index (χ1) is 11.5. The van der Waals surface area contributed by atoms with E-state index in [0.717, 1.165) is 18.7 Å². The maximum atomic E-state index is 5.61. The number of aliphatic imine (C=N–C) groups is 1. The number of thiazole rings is 1. The van der Waals surface area contributed by atoms with E-state index in [1.165, 1.54) is 35.6 Å². The second-order valence-electron chi connectivity index (χ2n) is 6.78. The Kier molecular flexibility index (Phi) is 7.18. The molecule has 0 aromatic carbocycles. The van der Waals surface area contributed by atoms with E-state index in [1.807, 2.05) is 12.4 Å². The highest BCUT2D eigenvalue weighted by molar-refractivity contribution is 7.13. The number of allylic oxidation sites excluding steroid dienone is 2. The highest BCUT2D eigenvalue weighted by Gasteiger charge is 2.21. The van der Waals surface area contributed by atoms with Gasteiger partial charge >= 0.3 is 0 Å². The first-order valence-corrected chi connectivity index (χ1v) is 9.66. The minimum Gasteiger partial charge on any atom is -0.384 e. The largest absolute Gasteiger partial charge is 0.384 e. The van der Waals surface area contributed by atoms with Gasteiger partial charge in [-0.25, -0.2) is 9.98 Å². The van der Waals surface area contributed by atoms with Gasteiger partial charge in [-0.3, -0.25) is 0 Å². The molecule has 1 atom stereocenters. The first kappa shape index (κ1) is 18.9. The maximum Gasteiger partial charge on any atom is 0.116 e. The summed E-state index contributed by atoms with van der Waals surface area (Å²) in [5, 5.41) is 1.26. The quantitative estimate of drug-likeness (QED) is 0.750. The summed E-state index contributed by atoms with van der Waals surface area (Å²) in [5.74, 6) is 1.44. The summed E-state index contributed by atoms with van der Waals surface area (Å²) in [6.07, 6.45) is 10.8. The highest BCUT2D eigenvalue weighted by atomic mass is 32.1. The van der Waals surface area contributed by atoms with Gasteiger partial charge in [-0.1, -0.05) is 32.9 Å². The molecule has 24 heavy (non-hydrogen) atoms. The Bertz CT molecular complexity index is 594. The zero-order valence-electron chi connectivity index (χ0n) is 15.2. The lowest BCUT2D eigenvalue weighted by molar-refractivity contribution is 0.255. The number of rotatable bonds is 7. The highest BCUT2D eigenvalue weighted by Crippen LogP contribution is 2.33. The van der Waals surface area contributed by atoms with E-state index in [-0.39, 0.29) is 0 Å². The van der Waals surface area contributed by atoms with E-state index >= 15 is 0 Å². The van der Waals surface area contributed by atoms with Crippen LogP contribution in [0.1, 0.15) is 55.3 Å². The molecule has 1 aromatic heterocycles. The van der Waals surface area contributed by atoms with Gasteiger partial charge in [-0.2, -0.15) is 0 Å². The SMILES string of the molecule is C=C(N)N=C/C(=C\C(C)CCC)c1cnc(C2CCN(C)CC2)s1. The molecule has 1 aliphatic rings. The lowest BCUT2D eigenvalue weighted by atomic mass is 9.98. The van der Waals surface area contributed by atoms with Gasteiger partial charge in [0.1, 0.15) is 5.82 Å². The fraction of sp³-hybridized carbons (Fsp3) is 0.579. The minimum atomic E-state index is 0.337. The van der Waals surface area contributed by atoms with Gasteiger partial charge in [0.05, 0.1) is 9.88 Å². The second kappa shape index (κ2) is 9.14. The molecule has 132 valence electrons. The Morgan fingerprint density at radius 2 is 2.25 bits per heavy atom. The van der Waals surface area contributed by atoms with Crippen molar-refractivity contribution in [1.29, 1.82) is 0 Å². The van der Waals surface area contributed by atoms with E-state index in [9.17, 15) is 0 Å². The van der Waals surface area contributed by atoms with Gasteiger partial charge < -0.3 is 10.6 Å². The average molecular weight is 347 g/mol. The Morgan fingerprint density at radius 1 is 1.54 bits per heavy atom. The molecule has 0 amide bonds. The third kappa shape index (κ3) is 5.56. The summed E-state index contributed by atoms with van der Waals surface area (Å²) in [6, 6.07) is 0. The normalized spacial score (nSPS) is 19.0. The van der Waals surface area contributed by atoms with E-state index in [4.69, 9.17) is 10.7 Å². The van der Waals surface area contributed by atoms with Crippen LogP contribution in [0.25, 0.3) is 5.57 Å². The Morgan fingerprint density at radius 3 is 2.88 bits per heavy atom. The van der Waals surface area contributed by atoms with Crippen LogP contribution in [0.15, 0.2) is 29.7 Å². The van der Waals surface area contributed by atoms with E-state index in [0.29, 0.717) is 17.7 Å². The fourth-order valence-corrected chi connectivity index (χ4v) is 4.13. The van der Waals surface area contributed by atoms with Crippen molar-refractivity contribution in [2.45, 2.75) is 45.4 Å². The molecule has 1 aliphatic heterocycles. The average Bonchev–Trinajstić information content (AvgIpc) is 3.02. The monoisotopic (exact) mass is 346 g/mol. The second-order valence-corrected chi connectivity index (χ2v) is 7.84. The molecule has 0 bridgehead atoms. The molecule has 0 spiro atoms. The molecule has 5 heteroatoms. The Labute approximate surface area is 150 Å². The first-order valence-electron chi connectivity index (χ1n) is 8.84. The molecule has 0 radical (unpaired) electrons. The van der Waals surface area contributed by atoms with E-state index in [1.54, 1.807) is 11.3 Å². The van der Waals surface area contributed by atoms with E-state index in [2.05, 4.69) is 43.4 Å². The number of hydrogen-bond acceptors (Lipinski definition) is 5. The van der Waals surface area contributed by atoms with Gasteiger partial charge in [-0.05, 0) is 45.3 Å². The standard InChI is InChI=1S/C19H30N4S/c1-5-6-14(2)11-17(12-21-15(3)20)18-13-22-19(24-18)16-7-9-23(4)10-8-16/h11-14,16H,3,5-10,20H2,1-2,4H3/b17-11+,21-12?. The van der Waals surface area contributed by atoms with Gasteiger partial charge in [0.15, 0.2) is 0 Å². The molecular weight excluding hydrogens is 316 g/mol. The van der Waals surface area contributed by atoms with Gasteiger partial charge in [0.25, 0.3) is 0 Å². The van der Waals surface area contributed by atoms with Crippen molar-refractivity contribution in [2.24, 2.45) is 16.6 Å². The molecule has 1 unspecified atom stereocenters. The fourth-order valence-electron chi connectivity index (χ4n) is 3.05. The van der Waals surface area contributed by atoms with Crippen LogP contribution in [0.4, 0.5) is 0 Å². The van der Waals surface area contributed by atoms with Crippen molar-refractivity contribution < 1.29 is 0 Å². The predicted octanol–water partition coefficient (Wildman–Crippen LogP) is 4.27. The van der Waals surface area contributed by atoms with Crippen molar-refractivity contribution in [3.8, 4) is 0 Å². The molecule has 1 fully saturated rings. The summed E-state index contributed by atoms with van der Waals surface area (Å²) < 4.78 is 0. The molecule has 1 aromatic rings. The topological polar surface area (TPSA) is 54.5 Å². The molecular formula is C19H30N4S. The van der Waals surface area contributed by atoms with Crippen LogP contribution < -0.4 is 5.73 Å². The molecule has 2 rings (SSSR count). The van der Waals surface area contributed by atoms with Crippen molar-refractivity contribution in [3.05, 3.63) is 34.6 Å². The van der Waals surface area contributed by atoms with Crippen LogP contribution in [-0.4, -0.2) is 36.2 Å². The van der Waals surface area contributed by atoms with Crippen molar-refractivity contribution in [3.63, 3.8) is 0 Å². The number of nitrogens with two attached hydrogens (primary N) is 1. The lowest BCUT2D eigenvalue weighted by Gasteiger charge is -2.27. The number of likely N-dealkylation sites (tertiary alicyclic amines) is 1. The smallest absolute Gasteiger partial charge is 0.116 e. The summed E-state index contributed by atoms with van der Waals surface area (Å²) in [6.45, 7) is 10.4. The zero-order chi connectivity index (χ0) is 17.5. The third-order valence-electron chi connectivity index (χ3n) is 4.45. The zero-order valence-corrected chi connectivity index (χ0v) is 16.0. The minimum absolute atomic E-state index is 0.337. The van der Waals surface area contributed by atoms with Crippen molar-refractivity contribution in [2.75, 3.05) is 20.1 Å². The lowest BCUT2D eigenvalue weighted by Crippen LogP contribution is -2.29. The number of piperidine rings is 1. The van der Waals surface area contributed by atoms with Gasteiger partial charge in [-0.15, -0.1) is 11.3 Å². The van der Waals surface area contributed by atoms with Crippen molar-refractivity contribution in [1.82, 2.24) is 9.88 Å². The van der Waals surface area contributed by atoms with Crippen LogP contribution in [-0.2, 0) is 0 Å². The summed E-state index contributed by atoms with van der Waals surface area (Å²) in [7, 11) is 2.19. The van der Waals surface area contributed by atoms with Crippen LogP contribution in [0.2, 0.25) is 0 Å². The van der Waals surface area contributed by atoms with E-state index < -0.39 is 0 Å². The molecule has 2 N–H and O–H groups in total. The number of hydrogen-bond donors (Lipinski definition) is 1. The van der Waals surface area contributed by atoms with Crippen LogP contribution in [0, 0.1) is 5.92 Å². The number of nitrogens with zero attached hydrogens (tertiary/aromatic N) is 3. The predicted molar refractivity (Wildman–Crippen MR) is 105 cm³/mol. The third-order valence-corrected chi connectivity index (χ3v) is 5.66. The van der Waals surface area contributed by atoms with Crippen LogP contribution in [0.5, 0.6) is 0 Å². The molecule has 0 aliphatic carbocycles. The van der Waals surface area contributed by atoms with Gasteiger partial charge in [0, 0.05) is 23.9 Å². The summed E-state index contributed by atoms with van der Waals surface area (Å²) >= 11 is 1.80. The molecule has 4 nitrogen and oxygen atoms in total. The summed E-state index contributed by atoms with van der Waals surface area (Å²) in [4.78, 5) is 12.5. The maximum absolute atomic E-state index is 5.61. The van der Waals surface area contributed by atoms with Crippen molar-refractivity contribution >= 4 is 23.1 Å². The van der Waals surface area contributed by atoms with Crippen LogP contribution >= 0.6 is 11.3 Å². The van der Waals surface area contributed by atoms with Gasteiger partial charge in [0.2, 0.25) is 0 Å². The Hall–Kier alpha value is -1.46. The number of aromatic nitrogens is 1.